The van der Waals surface area contributed by atoms with Crippen LogP contribution in [0.1, 0.15) is 0 Å². The van der Waals surface area contributed by atoms with Gasteiger partial charge in [0.1, 0.15) is 0 Å². The van der Waals surface area contributed by atoms with Crippen molar-refractivity contribution in [2.75, 3.05) is 38.0 Å². The van der Waals surface area contributed by atoms with Gasteiger partial charge < -0.3 is 15.5 Å². The highest BCUT2D eigenvalue weighted by Crippen LogP contribution is 2.34. The molecule has 0 atom stereocenters. The number of anilines is 1. The molecule has 2 N–H and O–H groups in total. The third-order valence-electron chi connectivity index (χ3n) is 3.12. The molecule has 1 aliphatic rings. The van der Waals surface area contributed by atoms with Crippen molar-refractivity contribution in [3.8, 4) is 0 Å². The van der Waals surface area contributed by atoms with Crippen molar-refractivity contribution in [1.82, 2.24) is 10.2 Å². The van der Waals surface area contributed by atoms with Crippen molar-refractivity contribution in [2.45, 2.75) is 0 Å². The summed E-state index contributed by atoms with van der Waals surface area (Å²) in [6, 6.07) is 2.40. The van der Waals surface area contributed by atoms with Gasteiger partial charge in [-0.1, -0.05) is 23.2 Å². The average molecular weight is 333 g/mol. The molecule has 0 spiro atoms. The predicted octanol–water partition coefficient (Wildman–Crippen LogP) is 1.75. The normalized spacial score (nSPS) is 14.9. The Labute approximate surface area is 131 Å². The molecule has 9 heteroatoms. The molecule has 21 heavy (non-hydrogen) atoms. The molecule has 1 aliphatic heterocycles. The minimum Gasteiger partial charge on any atom is -0.374 e. The molecule has 2 rings (SSSR count). The zero-order chi connectivity index (χ0) is 15.4. The van der Waals surface area contributed by atoms with Gasteiger partial charge in [-0.05, 0) is 0 Å². The SMILES string of the molecule is O=C(CNc1c(Cl)cc([N+](=O)[O-])cc1Cl)N1CCNCC1. The number of carbonyl (C=O) groups excluding carboxylic acids is 1. The van der Waals surface area contributed by atoms with E-state index in [0.717, 1.165) is 13.1 Å². The monoisotopic (exact) mass is 332 g/mol. The van der Waals surface area contributed by atoms with Gasteiger partial charge in [0.15, 0.2) is 0 Å². The van der Waals surface area contributed by atoms with E-state index in [1.807, 2.05) is 0 Å². The molecule has 0 aromatic heterocycles. The van der Waals surface area contributed by atoms with Gasteiger partial charge in [0.05, 0.1) is 27.2 Å². The van der Waals surface area contributed by atoms with E-state index in [9.17, 15) is 14.9 Å². The molecule has 0 aliphatic carbocycles. The van der Waals surface area contributed by atoms with E-state index in [-0.39, 0.29) is 28.2 Å². The quantitative estimate of drug-likeness (QED) is 0.647. The van der Waals surface area contributed by atoms with Crippen LogP contribution in [0.2, 0.25) is 10.0 Å². The van der Waals surface area contributed by atoms with Crippen LogP contribution in [0.15, 0.2) is 12.1 Å². The third kappa shape index (κ3) is 3.96. The number of rotatable bonds is 4. The van der Waals surface area contributed by atoms with E-state index in [2.05, 4.69) is 10.6 Å². The van der Waals surface area contributed by atoms with Crippen molar-refractivity contribution >= 4 is 40.5 Å². The number of nitrogens with zero attached hydrogens (tertiary/aromatic N) is 2. The Morgan fingerprint density at radius 1 is 1.33 bits per heavy atom. The number of hydrogen-bond acceptors (Lipinski definition) is 5. The van der Waals surface area contributed by atoms with Gasteiger partial charge in [-0.15, -0.1) is 0 Å². The second-order valence-corrected chi connectivity index (χ2v) is 5.34. The van der Waals surface area contributed by atoms with E-state index in [0.29, 0.717) is 18.8 Å². The Balaban J connectivity index is 2.02. The Kier molecular flexibility index (Phi) is 5.22. The Bertz CT molecular complexity index is 538. The van der Waals surface area contributed by atoms with Crippen LogP contribution in [0.4, 0.5) is 11.4 Å². The molecule has 0 unspecified atom stereocenters. The van der Waals surface area contributed by atoms with Gasteiger partial charge in [0.25, 0.3) is 5.69 Å². The zero-order valence-corrected chi connectivity index (χ0v) is 12.6. The van der Waals surface area contributed by atoms with Gasteiger partial charge in [0, 0.05) is 38.3 Å². The summed E-state index contributed by atoms with van der Waals surface area (Å²) in [7, 11) is 0. The molecule has 1 aromatic rings. The summed E-state index contributed by atoms with van der Waals surface area (Å²) in [4.78, 5) is 23.9. The van der Waals surface area contributed by atoms with Crippen LogP contribution >= 0.6 is 23.2 Å². The predicted molar refractivity (Wildman–Crippen MR) is 81.1 cm³/mol. The molecule has 114 valence electrons. The first kappa shape index (κ1) is 15.8. The second-order valence-electron chi connectivity index (χ2n) is 4.53. The standard InChI is InChI=1S/C12H14Cl2N4O3/c13-9-5-8(18(20)21)6-10(14)12(9)16-7-11(19)17-3-1-15-2-4-17/h5-6,15-16H,1-4,7H2. The van der Waals surface area contributed by atoms with Crippen LogP contribution in [0.25, 0.3) is 0 Å². The van der Waals surface area contributed by atoms with Crippen molar-refractivity contribution in [2.24, 2.45) is 0 Å². The van der Waals surface area contributed by atoms with Crippen LogP contribution in [0, 0.1) is 10.1 Å². The second kappa shape index (κ2) is 6.93. The first-order valence-electron chi connectivity index (χ1n) is 6.35. The highest BCUT2D eigenvalue weighted by atomic mass is 35.5. The van der Waals surface area contributed by atoms with Crippen molar-refractivity contribution in [1.29, 1.82) is 0 Å². The number of hydrogen-bond donors (Lipinski definition) is 2. The van der Waals surface area contributed by atoms with E-state index in [1.165, 1.54) is 12.1 Å². The number of carbonyl (C=O) groups is 1. The highest BCUT2D eigenvalue weighted by molar-refractivity contribution is 6.39. The lowest BCUT2D eigenvalue weighted by Crippen LogP contribution is -2.48. The molecular weight excluding hydrogens is 319 g/mol. The highest BCUT2D eigenvalue weighted by Gasteiger charge is 2.18. The molecule has 1 heterocycles. The van der Waals surface area contributed by atoms with E-state index in [4.69, 9.17) is 23.2 Å². The summed E-state index contributed by atoms with van der Waals surface area (Å²) in [5, 5.41) is 16.9. The maximum Gasteiger partial charge on any atom is 0.272 e. The minimum absolute atomic E-state index is 0.0389. The van der Waals surface area contributed by atoms with E-state index in [1.54, 1.807) is 4.90 Å². The van der Waals surface area contributed by atoms with Crippen molar-refractivity contribution in [3.05, 3.63) is 32.3 Å². The fraction of sp³-hybridized carbons (Fsp3) is 0.417. The van der Waals surface area contributed by atoms with Crippen LogP contribution in [0.3, 0.4) is 0 Å². The van der Waals surface area contributed by atoms with Crippen molar-refractivity contribution < 1.29 is 9.72 Å². The maximum atomic E-state index is 12.0. The summed E-state index contributed by atoms with van der Waals surface area (Å²) in [5.74, 6) is -0.0676. The largest absolute Gasteiger partial charge is 0.374 e. The molecule has 7 nitrogen and oxygen atoms in total. The van der Waals surface area contributed by atoms with Crippen molar-refractivity contribution in [3.63, 3.8) is 0 Å². The Morgan fingerprint density at radius 2 is 1.90 bits per heavy atom. The number of nitro groups is 1. The van der Waals surface area contributed by atoms with Gasteiger partial charge in [0.2, 0.25) is 5.91 Å². The van der Waals surface area contributed by atoms with Crippen LogP contribution in [-0.2, 0) is 4.79 Å². The number of amides is 1. The fourth-order valence-electron chi connectivity index (χ4n) is 2.02. The van der Waals surface area contributed by atoms with Gasteiger partial charge in [-0.2, -0.15) is 0 Å². The summed E-state index contributed by atoms with van der Waals surface area (Å²) in [5.41, 5.74) is 0.136. The summed E-state index contributed by atoms with van der Waals surface area (Å²) < 4.78 is 0. The first-order valence-corrected chi connectivity index (χ1v) is 7.10. The Hall–Kier alpha value is -1.57. The molecule has 0 radical (unpaired) electrons. The van der Waals surface area contributed by atoms with E-state index >= 15 is 0 Å². The number of halogens is 2. The summed E-state index contributed by atoms with van der Waals surface area (Å²) in [6.45, 7) is 2.89. The van der Waals surface area contributed by atoms with Crippen LogP contribution in [-0.4, -0.2) is 48.5 Å². The molecule has 1 amide bonds. The van der Waals surface area contributed by atoms with Gasteiger partial charge >= 0.3 is 0 Å². The molecule has 1 fully saturated rings. The maximum absolute atomic E-state index is 12.0. The van der Waals surface area contributed by atoms with Gasteiger partial charge in [-0.25, -0.2) is 0 Å². The average Bonchev–Trinajstić information content (AvgIpc) is 2.46. The minimum atomic E-state index is -0.576. The van der Waals surface area contributed by atoms with E-state index < -0.39 is 4.92 Å². The smallest absolute Gasteiger partial charge is 0.272 e. The number of nitrogens with one attached hydrogen (secondary N) is 2. The fourth-order valence-corrected chi connectivity index (χ4v) is 2.63. The Morgan fingerprint density at radius 3 is 2.43 bits per heavy atom. The molecule has 1 aromatic carbocycles. The third-order valence-corrected chi connectivity index (χ3v) is 3.72. The zero-order valence-electron chi connectivity index (χ0n) is 11.1. The topological polar surface area (TPSA) is 87.5 Å². The van der Waals surface area contributed by atoms with Crippen LogP contribution < -0.4 is 10.6 Å². The summed E-state index contributed by atoms with van der Waals surface area (Å²) >= 11 is 11.9. The first-order chi connectivity index (χ1) is 9.99. The molecular formula is C12H14Cl2N4O3. The number of non-ortho nitro benzene ring substituents is 1. The summed E-state index contributed by atoms with van der Waals surface area (Å²) in [6.07, 6.45) is 0. The number of piperazine rings is 1. The van der Waals surface area contributed by atoms with Gasteiger partial charge in [-0.3, -0.25) is 14.9 Å². The lowest BCUT2D eigenvalue weighted by atomic mass is 10.2. The number of benzene rings is 1. The number of nitro benzene ring substituents is 1. The lowest BCUT2D eigenvalue weighted by molar-refractivity contribution is -0.384. The molecule has 1 saturated heterocycles. The molecule has 0 saturated carbocycles. The van der Waals surface area contributed by atoms with Crippen LogP contribution in [0.5, 0.6) is 0 Å². The molecule has 0 bridgehead atoms. The lowest BCUT2D eigenvalue weighted by Gasteiger charge is -2.27.